The predicted octanol–water partition coefficient (Wildman–Crippen LogP) is -1.26. The molecule has 3 rings (SSSR count). The monoisotopic (exact) mass is 399 g/mol. The fraction of sp³-hybridized carbons (Fsp3) is 0.444. The molecule has 0 heterocycles. The minimum Gasteiger partial charge on any atom is -1.00 e. The molecule has 1 fully saturated rings. The average molecular weight is 402 g/mol. The van der Waals surface area contributed by atoms with Crippen molar-refractivity contribution in [1.29, 1.82) is 0 Å². The Labute approximate surface area is 157 Å². The molecule has 114 valence electrons. The van der Waals surface area contributed by atoms with Gasteiger partial charge in [-0.05, 0) is 18.8 Å². The maximum atomic E-state index is 2.38. The summed E-state index contributed by atoms with van der Waals surface area (Å²) in [7, 11) is 0. The van der Waals surface area contributed by atoms with E-state index >= 15 is 0 Å². The Hall–Kier alpha value is 0.163. The van der Waals surface area contributed by atoms with Crippen molar-refractivity contribution in [3.63, 3.8) is 0 Å². The zero-order valence-electron chi connectivity index (χ0n) is 13.0. The van der Waals surface area contributed by atoms with E-state index in [0.717, 1.165) is 18.3 Å². The van der Waals surface area contributed by atoms with Gasteiger partial charge in [0.2, 0.25) is 0 Å². The van der Waals surface area contributed by atoms with Crippen LogP contribution in [0.1, 0.15) is 40.0 Å². The molecule has 0 N–H and O–H groups in total. The smallest absolute Gasteiger partial charge is 1.00 e. The summed E-state index contributed by atoms with van der Waals surface area (Å²) in [6.07, 6.45) is 17.4. The van der Waals surface area contributed by atoms with Gasteiger partial charge in [-0.25, -0.2) is 0 Å². The fourth-order valence-corrected chi connectivity index (χ4v) is 3.19. The maximum absolute atomic E-state index is 2.38. The quantitative estimate of drug-likeness (QED) is 0.482. The first-order chi connectivity index (χ1) is 9.09. The molecule has 0 aliphatic heterocycles. The third kappa shape index (κ3) is 5.70. The van der Waals surface area contributed by atoms with Gasteiger partial charge < -0.3 is 24.8 Å². The molecular formula is C18H23Cl2Zr-. The van der Waals surface area contributed by atoms with Crippen molar-refractivity contribution in [2.45, 2.75) is 40.0 Å². The molecule has 3 heteroatoms. The van der Waals surface area contributed by atoms with Crippen molar-refractivity contribution < 1.29 is 49.0 Å². The van der Waals surface area contributed by atoms with E-state index in [0.29, 0.717) is 0 Å². The second kappa shape index (κ2) is 10.0. The summed E-state index contributed by atoms with van der Waals surface area (Å²) in [6.45, 7) is 6.63. The third-order valence-electron chi connectivity index (χ3n) is 3.83. The minimum atomic E-state index is 0. The van der Waals surface area contributed by atoms with E-state index in [2.05, 4.69) is 57.2 Å². The van der Waals surface area contributed by atoms with E-state index in [9.17, 15) is 0 Å². The van der Waals surface area contributed by atoms with Gasteiger partial charge in [0.05, 0.1) is 0 Å². The minimum absolute atomic E-state index is 0. The molecule has 0 aromatic rings. The number of hydrogen-bond donors (Lipinski definition) is 0. The van der Waals surface area contributed by atoms with Gasteiger partial charge in [-0.1, -0.05) is 31.4 Å². The molecule has 21 heavy (non-hydrogen) atoms. The second-order valence-electron chi connectivity index (χ2n) is 5.86. The molecule has 0 radical (unpaired) electrons. The Morgan fingerprint density at radius 3 is 2.33 bits per heavy atom. The number of fused-ring (bicyclic) bond motifs is 1. The molecule has 3 aliphatic rings. The number of rotatable bonds is 1. The summed E-state index contributed by atoms with van der Waals surface area (Å²) in [5.74, 6) is 3.21. The van der Waals surface area contributed by atoms with Crippen molar-refractivity contribution in [1.82, 2.24) is 0 Å². The first kappa shape index (κ1) is 21.2. The zero-order valence-corrected chi connectivity index (χ0v) is 17.0. The summed E-state index contributed by atoms with van der Waals surface area (Å²) in [6, 6.07) is 0. The van der Waals surface area contributed by atoms with Crippen LogP contribution in [0.4, 0.5) is 0 Å². The van der Waals surface area contributed by atoms with Crippen LogP contribution >= 0.6 is 0 Å². The topological polar surface area (TPSA) is 0 Å². The van der Waals surface area contributed by atoms with Gasteiger partial charge in [0.25, 0.3) is 0 Å². The van der Waals surface area contributed by atoms with Gasteiger partial charge in [0, 0.05) is 0 Å². The molecule has 2 unspecified atom stereocenters. The molecule has 1 saturated carbocycles. The average Bonchev–Trinajstić information content (AvgIpc) is 2.93. The molecule has 2 atom stereocenters. The standard InChI is InChI=1S/C15H17.C3H6.2ClH.Zr/c1-11-10-13-8-4-5-9-14(13)15(11)12-6-2-3-7-12;1-3-2;;;/h2-6,9,11,13H,7-8,10H2,1H3;1-2H3;2*1H;/q-1;;;;+2/p-2. The molecular weight excluding hydrogens is 378 g/mol. The molecule has 0 saturated heterocycles. The molecule has 0 nitrogen and oxygen atoms in total. The fourth-order valence-electron chi connectivity index (χ4n) is 3.19. The van der Waals surface area contributed by atoms with Crippen LogP contribution in [-0.2, 0) is 24.2 Å². The Morgan fingerprint density at radius 1 is 1.14 bits per heavy atom. The Bertz CT molecular complexity index is 468. The number of hydrogen-bond acceptors (Lipinski definition) is 0. The summed E-state index contributed by atoms with van der Waals surface area (Å²) in [5.41, 5.74) is 3.19. The van der Waals surface area contributed by atoms with Crippen molar-refractivity contribution >= 4 is 3.21 Å². The summed E-state index contributed by atoms with van der Waals surface area (Å²) in [5, 5.41) is 0. The van der Waals surface area contributed by atoms with Crippen molar-refractivity contribution in [2.75, 3.05) is 0 Å². The van der Waals surface area contributed by atoms with Crippen LogP contribution in [0.2, 0.25) is 0 Å². The second-order valence-corrected chi connectivity index (χ2v) is 8.32. The Balaban J connectivity index is 0.000000602. The first-order valence-electron chi connectivity index (χ1n) is 7.21. The largest absolute Gasteiger partial charge is 1.00 e. The van der Waals surface area contributed by atoms with Crippen LogP contribution in [0.25, 0.3) is 0 Å². The van der Waals surface area contributed by atoms with Gasteiger partial charge in [0.15, 0.2) is 0 Å². The first-order valence-corrected chi connectivity index (χ1v) is 8.44. The van der Waals surface area contributed by atoms with E-state index < -0.39 is 0 Å². The van der Waals surface area contributed by atoms with Crippen LogP contribution < -0.4 is 24.8 Å². The molecule has 0 spiro atoms. The van der Waals surface area contributed by atoms with Crippen molar-refractivity contribution in [3.8, 4) is 0 Å². The van der Waals surface area contributed by atoms with Crippen molar-refractivity contribution in [3.05, 3.63) is 53.5 Å². The van der Waals surface area contributed by atoms with Gasteiger partial charge in [0.1, 0.15) is 0 Å². The van der Waals surface area contributed by atoms with Gasteiger partial charge in [-0.15, -0.1) is 29.2 Å². The summed E-state index contributed by atoms with van der Waals surface area (Å²) >= 11 is 1.55. The molecule has 0 amide bonds. The van der Waals surface area contributed by atoms with Crippen LogP contribution in [-0.4, -0.2) is 3.21 Å². The SMILES string of the molecule is CC1CC2CC=CC=C2[C-]1C1=CC=CC1.C[C](C)=[Zr+2].[Cl-].[Cl-]. The Kier molecular flexibility index (Phi) is 10.1. The molecule has 0 aromatic carbocycles. The van der Waals surface area contributed by atoms with E-state index in [1.54, 1.807) is 41.3 Å². The summed E-state index contributed by atoms with van der Waals surface area (Å²) < 4.78 is 1.51. The summed E-state index contributed by atoms with van der Waals surface area (Å²) in [4.78, 5) is 0. The van der Waals surface area contributed by atoms with Crippen LogP contribution in [0, 0.1) is 17.8 Å². The van der Waals surface area contributed by atoms with Gasteiger partial charge in [-0.3, -0.25) is 0 Å². The van der Waals surface area contributed by atoms with Crippen LogP contribution in [0.5, 0.6) is 0 Å². The van der Waals surface area contributed by atoms with Gasteiger partial charge in [-0.2, -0.15) is 12.2 Å². The van der Waals surface area contributed by atoms with E-state index in [4.69, 9.17) is 0 Å². The van der Waals surface area contributed by atoms with Crippen molar-refractivity contribution in [2.24, 2.45) is 11.8 Å². The molecule has 3 aliphatic carbocycles. The number of allylic oxidation sites excluding steroid dienone is 8. The predicted molar refractivity (Wildman–Crippen MR) is 80.5 cm³/mol. The molecule has 0 aromatic heterocycles. The Morgan fingerprint density at radius 2 is 1.76 bits per heavy atom. The van der Waals surface area contributed by atoms with Crippen LogP contribution in [0.15, 0.2) is 47.6 Å². The maximum Gasteiger partial charge on any atom is -1.00 e. The van der Waals surface area contributed by atoms with E-state index in [1.807, 2.05) is 0 Å². The third-order valence-corrected chi connectivity index (χ3v) is 3.83. The van der Waals surface area contributed by atoms with E-state index in [-0.39, 0.29) is 24.8 Å². The van der Waals surface area contributed by atoms with E-state index in [1.165, 1.54) is 16.0 Å². The molecule has 0 bridgehead atoms. The number of halogens is 2. The normalized spacial score (nSPS) is 24.9. The zero-order chi connectivity index (χ0) is 13.8. The van der Waals surface area contributed by atoms with Gasteiger partial charge >= 0.3 is 41.3 Å². The van der Waals surface area contributed by atoms with Crippen LogP contribution in [0.3, 0.4) is 0 Å².